The molecule has 0 spiro atoms. The van der Waals surface area contributed by atoms with Gasteiger partial charge in [-0.1, -0.05) is 0 Å². The van der Waals surface area contributed by atoms with Gasteiger partial charge in [0.2, 0.25) is 0 Å². The molecule has 0 radical (unpaired) electrons. The Morgan fingerprint density at radius 2 is 0.733 bits per heavy atom. The Labute approximate surface area is 371 Å². The minimum atomic E-state index is -3.04. The van der Waals surface area contributed by atoms with Crippen LogP contribution in [0.25, 0.3) is 0 Å². The molecule has 0 amide bonds. The Morgan fingerprint density at radius 1 is 0.500 bits per heavy atom. The van der Waals surface area contributed by atoms with Gasteiger partial charge in [0.25, 0.3) is 0 Å². The van der Waals surface area contributed by atoms with Crippen LogP contribution in [0.5, 0.6) is 0 Å². The fourth-order valence-corrected chi connectivity index (χ4v) is 8.17. The number of rotatable bonds is 4. The maximum atomic E-state index is 10.7. The molecule has 0 aromatic rings. The van der Waals surface area contributed by atoms with E-state index in [2.05, 4.69) is 4.67 Å². The van der Waals surface area contributed by atoms with Crippen LogP contribution >= 0.6 is 8.25 Å². The van der Waals surface area contributed by atoms with Crippen LogP contribution in [0.2, 0.25) is 0 Å². The van der Waals surface area contributed by atoms with E-state index < -0.39 is 8.25 Å². The predicted octanol–water partition coefficient (Wildman–Crippen LogP) is -2.98. The third-order valence-electron chi connectivity index (χ3n) is 11.0. The Kier molecular flexibility index (Phi) is 22.3. The van der Waals surface area contributed by atoms with Crippen molar-refractivity contribution in [2.75, 3.05) is 66.1 Å². The number of aliphatic hydroxyl groups excluding tert-OH is 2. The maximum absolute atomic E-state index is 10.7. The molecule has 0 aromatic carbocycles. The first-order valence-corrected chi connectivity index (χ1v) is 20.9. The number of hydrogen-bond donors (Lipinski definition) is 3. The van der Waals surface area contributed by atoms with Gasteiger partial charge in [-0.2, -0.15) is 0 Å². The van der Waals surface area contributed by atoms with Crippen LogP contribution in [0.15, 0.2) is 0 Å². The van der Waals surface area contributed by atoms with Gasteiger partial charge in [-0.25, -0.2) is 5.26 Å². The van der Waals surface area contributed by atoms with Gasteiger partial charge in [0.05, 0.1) is 96.0 Å². The topological polar surface area (TPSA) is 281 Å². The Morgan fingerprint density at radius 3 is 0.967 bits per heavy atom. The third-order valence-corrected chi connectivity index (χ3v) is 11.1. The fraction of sp³-hybridized carbons (Fsp3) is 0.917. The van der Waals surface area contributed by atoms with Gasteiger partial charge in [0, 0.05) is 37.3 Å². The standard InChI is InChI=1S/3C8H12O4.2C6H10O3.Na.HO4P.H/c3*1-5(9)12-7-4-11-8-6(7)2-3-10-8;2*7-5-3-9-6-4(5)1-2-8-6;;1-4-5(2)3;/h3*6-8H,2-4H2,1H3;2*4-7H,1-3H2;;1H;/q;;;;;+1;;-1/t6-,7-,8+;;;4-,5-,6+;;;;/m0..1..../s1. The summed E-state index contributed by atoms with van der Waals surface area (Å²) in [6, 6.07) is 0. The van der Waals surface area contributed by atoms with Crippen LogP contribution in [-0.2, 0) is 85.2 Å². The van der Waals surface area contributed by atoms with Crippen LogP contribution in [0.3, 0.4) is 0 Å². The van der Waals surface area contributed by atoms with Crippen molar-refractivity contribution in [1.82, 2.24) is 0 Å². The minimum Gasteiger partial charge on any atom is -1.00 e. The number of carbonyl (C=O) groups excluding carboxylic acids is 3. The summed E-state index contributed by atoms with van der Waals surface area (Å²) in [5.41, 5.74) is 0. The van der Waals surface area contributed by atoms with Crippen molar-refractivity contribution < 1.29 is 137 Å². The number of fused-ring (bicyclic) bond motifs is 5. The van der Waals surface area contributed by atoms with Crippen molar-refractivity contribution in [1.29, 1.82) is 0 Å². The average Bonchev–Trinajstić information content (AvgIpc) is 4.02. The largest absolute Gasteiger partial charge is 1.00 e. The molecule has 16 atom stereocenters. The number of esters is 3. The molecule has 10 aliphatic rings. The van der Waals surface area contributed by atoms with Crippen molar-refractivity contribution in [3.05, 3.63) is 0 Å². The van der Waals surface area contributed by atoms with Crippen molar-refractivity contribution in [2.24, 2.45) is 29.6 Å². The van der Waals surface area contributed by atoms with E-state index >= 15 is 0 Å². The minimum absolute atomic E-state index is 0. The van der Waals surface area contributed by atoms with Gasteiger partial charge in [-0.05, 0) is 36.7 Å². The zero-order chi connectivity index (χ0) is 42.5. The summed E-state index contributed by atoms with van der Waals surface area (Å²) in [5, 5.41) is 25.4. The second kappa shape index (κ2) is 26.0. The monoisotopic (exact) mass is 896 g/mol. The first kappa shape index (κ1) is 51.5. The fourth-order valence-electron chi connectivity index (χ4n) is 8.17. The number of hydrogen-bond acceptors (Lipinski definition) is 22. The van der Waals surface area contributed by atoms with Crippen LogP contribution in [0.1, 0.15) is 54.3 Å². The van der Waals surface area contributed by atoms with Crippen LogP contribution in [0.4, 0.5) is 0 Å². The second-order valence-corrected chi connectivity index (χ2v) is 15.6. The van der Waals surface area contributed by atoms with Gasteiger partial charge in [0.15, 0.2) is 31.5 Å². The van der Waals surface area contributed by atoms with Crippen LogP contribution in [0, 0.1) is 29.6 Å². The molecule has 10 fully saturated rings. The molecule has 10 saturated heterocycles. The summed E-state index contributed by atoms with van der Waals surface area (Å²) in [6.45, 7) is 10.2. The molecule has 10 rings (SSSR count). The molecule has 10 aliphatic heterocycles. The Hall–Kier alpha value is -1.09. The first-order valence-electron chi connectivity index (χ1n) is 19.8. The molecule has 3 N–H and O–H groups in total. The van der Waals surface area contributed by atoms with E-state index in [0.29, 0.717) is 52.9 Å². The summed E-state index contributed by atoms with van der Waals surface area (Å²) in [6.07, 6.45) is 3.29. The van der Waals surface area contributed by atoms with Crippen LogP contribution in [-0.4, -0.2) is 161 Å². The molecule has 24 heteroatoms. The zero-order valence-corrected chi connectivity index (χ0v) is 37.2. The van der Waals surface area contributed by atoms with Crippen molar-refractivity contribution in [3.8, 4) is 0 Å². The summed E-state index contributed by atoms with van der Waals surface area (Å²) in [4.78, 5) is 40.9. The molecule has 10 heterocycles. The number of aliphatic hydroxyl groups is 2. The summed E-state index contributed by atoms with van der Waals surface area (Å²) in [5.74, 6) is 0.565. The van der Waals surface area contributed by atoms with Gasteiger partial charge in [-0.3, -0.25) is 14.4 Å². The molecule has 0 bridgehead atoms. The third kappa shape index (κ3) is 15.3. The van der Waals surface area contributed by atoms with Crippen molar-refractivity contribution in [2.45, 2.75) is 115 Å². The molecule has 340 valence electrons. The Bertz CT molecular complexity index is 1230. The van der Waals surface area contributed by atoms with E-state index in [1.807, 2.05) is 0 Å². The molecule has 60 heavy (non-hydrogen) atoms. The van der Waals surface area contributed by atoms with Crippen LogP contribution < -0.4 is 34.5 Å². The summed E-state index contributed by atoms with van der Waals surface area (Å²) < 4.78 is 79.1. The summed E-state index contributed by atoms with van der Waals surface area (Å²) >= 11 is 0. The predicted molar refractivity (Wildman–Crippen MR) is 190 cm³/mol. The van der Waals surface area contributed by atoms with E-state index in [0.717, 1.165) is 45.3 Å². The van der Waals surface area contributed by atoms with Gasteiger partial charge < -0.3 is 78.1 Å². The quantitative estimate of drug-likeness (QED) is 0.0634. The smallest absolute Gasteiger partial charge is 1.00 e. The number of ether oxygens (including phenoxy) is 13. The molecule has 0 saturated carbocycles. The van der Waals surface area contributed by atoms with E-state index in [1.54, 1.807) is 0 Å². The Balaban J connectivity index is 0.000000197. The molecule has 0 aromatic heterocycles. The SMILES string of the molecule is CC(=O)OC1COC2OCCC12.CC(=O)OC1COC2OCCC12.CC(=O)O[C@H]1CO[C@H]2OCC[C@H]21.O=[P+]([O-])OO.OC1COC2OCCC12.O[C@@H]1CO[C@@H]2OCC[C@@H]21.[H-].[Na+]. The maximum Gasteiger partial charge on any atom is 1.00 e. The van der Waals surface area contributed by atoms with Crippen molar-refractivity contribution >= 4 is 26.2 Å². The van der Waals surface area contributed by atoms with E-state index in [9.17, 15) is 24.6 Å². The summed E-state index contributed by atoms with van der Waals surface area (Å²) in [7, 11) is -3.04. The number of carbonyl (C=O) groups is 3. The molecule has 10 unspecified atom stereocenters. The first-order chi connectivity index (χ1) is 28.3. The molecular weight excluding hydrogens is 838 g/mol. The molecule has 0 aliphatic carbocycles. The zero-order valence-electron chi connectivity index (χ0n) is 35.3. The van der Waals surface area contributed by atoms with E-state index in [4.69, 9.17) is 76.3 Å². The second-order valence-electron chi connectivity index (χ2n) is 15.0. The molecule has 22 nitrogen and oxygen atoms in total. The molecular formula is C36H58NaO22P. The van der Waals surface area contributed by atoms with E-state index in [-0.39, 0.29) is 140 Å². The van der Waals surface area contributed by atoms with Gasteiger partial charge >= 0.3 is 55.7 Å². The van der Waals surface area contributed by atoms with Gasteiger partial charge in [-0.15, -0.1) is 0 Å². The van der Waals surface area contributed by atoms with E-state index in [1.165, 1.54) is 20.8 Å². The average molecular weight is 897 g/mol. The van der Waals surface area contributed by atoms with Crippen molar-refractivity contribution in [3.63, 3.8) is 0 Å². The normalized spacial score (nSPS) is 39.6. The van der Waals surface area contributed by atoms with Gasteiger partial charge in [0.1, 0.15) is 18.3 Å².